The zero-order valence-corrected chi connectivity index (χ0v) is 10.2. The molecule has 0 aliphatic rings. The highest BCUT2D eigenvalue weighted by Crippen LogP contribution is 1.81. The van der Waals surface area contributed by atoms with Crippen molar-refractivity contribution >= 4 is 5.91 Å². The van der Waals surface area contributed by atoms with Crippen molar-refractivity contribution in [1.29, 1.82) is 0 Å². The molecule has 0 unspecified atom stereocenters. The van der Waals surface area contributed by atoms with Crippen molar-refractivity contribution in [3.05, 3.63) is 0 Å². The normalized spacial score (nSPS) is 9.29. The molecule has 86 valence electrons. The van der Waals surface area contributed by atoms with Crippen LogP contribution in [0.2, 0.25) is 0 Å². The van der Waals surface area contributed by atoms with Crippen molar-refractivity contribution in [2.75, 3.05) is 41.3 Å². The molecule has 4 nitrogen and oxygen atoms in total. The van der Waals surface area contributed by atoms with E-state index in [9.17, 15) is 4.79 Å². The molecule has 0 heterocycles. The Morgan fingerprint density at radius 1 is 1.29 bits per heavy atom. The zero-order valence-electron chi connectivity index (χ0n) is 10.2. The van der Waals surface area contributed by atoms with Crippen molar-refractivity contribution in [2.45, 2.75) is 19.8 Å². The van der Waals surface area contributed by atoms with Crippen LogP contribution in [0.25, 0.3) is 0 Å². The number of nitrogens with zero attached hydrogens (tertiary/aromatic N) is 1. The smallest absolute Gasteiger partial charge is 0.219 e. The molecule has 0 aromatic rings. The first-order valence-electron chi connectivity index (χ1n) is 5.08. The Balaban J connectivity index is 0. The minimum atomic E-state index is 0.142. The van der Waals surface area contributed by atoms with Crippen LogP contribution >= 0.6 is 0 Å². The maximum atomic E-state index is 10.7. The average Bonchev–Trinajstić information content (AvgIpc) is 2.13. The van der Waals surface area contributed by atoms with Gasteiger partial charge >= 0.3 is 0 Å². The first-order chi connectivity index (χ1) is 6.58. The predicted octanol–water partition coefficient (Wildman–Crippen LogP) is 0.300. The molecule has 0 bridgehead atoms. The predicted molar refractivity (Wildman–Crippen MR) is 61.5 cm³/mol. The van der Waals surface area contributed by atoms with Gasteiger partial charge in [0.15, 0.2) is 0 Å². The number of carbonyl (C=O) groups excluding carboxylic acids is 1. The van der Waals surface area contributed by atoms with E-state index in [-0.39, 0.29) is 5.91 Å². The number of amides is 1. The van der Waals surface area contributed by atoms with Crippen molar-refractivity contribution in [1.82, 2.24) is 15.5 Å². The molecule has 0 fully saturated rings. The molecule has 1 amide bonds. The van der Waals surface area contributed by atoms with Gasteiger partial charge in [-0.25, -0.2) is 0 Å². The topological polar surface area (TPSA) is 44.4 Å². The summed E-state index contributed by atoms with van der Waals surface area (Å²) in [6, 6.07) is 0. The standard InChI is InChI=1S/C8H18N2O.C2H7N/c1-4-8(11)9-6-5-7-10(2)3;1-3-2/h4-7H2,1-3H3,(H,9,11);3H,1-2H3. The van der Waals surface area contributed by atoms with Crippen molar-refractivity contribution in [3.8, 4) is 0 Å². The van der Waals surface area contributed by atoms with Gasteiger partial charge in [0.1, 0.15) is 0 Å². The number of carbonyl (C=O) groups is 1. The number of rotatable bonds is 5. The van der Waals surface area contributed by atoms with Gasteiger partial charge in [0.2, 0.25) is 5.91 Å². The van der Waals surface area contributed by atoms with Crippen LogP contribution in [0.1, 0.15) is 19.8 Å². The van der Waals surface area contributed by atoms with Gasteiger partial charge in [0.05, 0.1) is 0 Å². The summed E-state index contributed by atoms with van der Waals surface area (Å²) in [6.45, 7) is 3.69. The molecule has 0 radical (unpaired) electrons. The second-order valence-corrected chi connectivity index (χ2v) is 3.36. The first-order valence-corrected chi connectivity index (χ1v) is 5.08. The van der Waals surface area contributed by atoms with Gasteiger partial charge < -0.3 is 15.5 Å². The third-order valence-electron chi connectivity index (χ3n) is 1.43. The molecular formula is C10H25N3O. The van der Waals surface area contributed by atoms with Crippen LogP contribution in [-0.2, 0) is 4.79 Å². The fraction of sp³-hybridized carbons (Fsp3) is 0.900. The Morgan fingerprint density at radius 2 is 1.79 bits per heavy atom. The molecular weight excluding hydrogens is 178 g/mol. The van der Waals surface area contributed by atoms with E-state index in [0.29, 0.717) is 6.42 Å². The van der Waals surface area contributed by atoms with Gasteiger partial charge in [-0.3, -0.25) is 4.79 Å². The largest absolute Gasteiger partial charge is 0.356 e. The summed E-state index contributed by atoms with van der Waals surface area (Å²) < 4.78 is 0. The number of hydrogen-bond acceptors (Lipinski definition) is 3. The molecule has 4 heteroatoms. The van der Waals surface area contributed by atoms with Gasteiger partial charge in [0.25, 0.3) is 0 Å². The van der Waals surface area contributed by atoms with Crippen LogP contribution in [0.5, 0.6) is 0 Å². The Morgan fingerprint density at radius 3 is 2.14 bits per heavy atom. The lowest BCUT2D eigenvalue weighted by molar-refractivity contribution is -0.120. The lowest BCUT2D eigenvalue weighted by Crippen LogP contribution is -2.26. The summed E-state index contributed by atoms with van der Waals surface area (Å²) in [5.74, 6) is 0.142. The van der Waals surface area contributed by atoms with E-state index in [4.69, 9.17) is 0 Å². The molecule has 0 saturated carbocycles. The van der Waals surface area contributed by atoms with Gasteiger partial charge in [-0.2, -0.15) is 0 Å². The summed E-state index contributed by atoms with van der Waals surface area (Å²) in [4.78, 5) is 12.8. The van der Waals surface area contributed by atoms with E-state index in [1.165, 1.54) is 0 Å². The maximum Gasteiger partial charge on any atom is 0.219 e. The summed E-state index contributed by atoms with van der Waals surface area (Å²) in [7, 11) is 7.81. The molecule has 0 aliphatic heterocycles. The second kappa shape index (κ2) is 12.4. The van der Waals surface area contributed by atoms with Crippen LogP contribution in [0, 0.1) is 0 Å². The summed E-state index contributed by atoms with van der Waals surface area (Å²) in [5, 5.41) is 5.57. The SMILES string of the molecule is CCC(=O)NCCCN(C)C.CNC. The first kappa shape index (κ1) is 15.8. The Hall–Kier alpha value is -0.610. The fourth-order valence-corrected chi connectivity index (χ4v) is 0.748. The minimum absolute atomic E-state index is 0.142. The van der Waals surface area contributed by atoms with E-state index in [1.807, 2.05) is 35.1 Å². The van der Waals surface area contributed by atoms with E-state index < -0.39 is 0 Å². The van der Waals surface area contributed by atoms with Crippen LogP contribution < -0.4 is 10.6 Å². The van der Waals surface area contributed by atoms with Gasteiger partial charge in [-0.1, -0.05) is 6.92 Å². The lowest BCUT2D eigenvalue weighted by atomic mass is 10.4. The molecule has 0 aliphatic carbocycles. The summed E-state index contributed by atoms with van der Waals surface area (Å²) in [5.41, 5.74) is 0. The Labute approximate surface area is 88.1 Å². The van der Waals surface area contributed by atoms with Crippen LogP contribution in [0.4, 0.5) is 0 Å². The second-order valence-electron chi connectivity index (χ2n) is 3.36. The highest BCUT2D eigenvalue weighted by molar-refractivity contribution is 5.75. The summed E-state index contributed by atoms with van der Waals surface area (Å²) >= 11 is 0. The van der Waals surface area contributed by atoms with Gasteiger partial charge in [0, 0.05) is 13.0 Å². The van der Waals surface area contributed by atoms with Crippen LogP contribution in [0.15, 0.2) is 0 Å². The third kappa shape index (κ3) is 17.5. The molecule has 0 spiro atoms. The number of nitrogens with one attached hydrogen (secondary N) is 2. The Kier molecular flexibility index (Phi) is 14.0. The molecule has 0 saturated heterocycles. The summed E-state index contributed by atoms with van der Waals surface area (Å²) in [6.07, 6.45) is 1.61. The van der Waals surface area contributed by atoms with E-state index in [0.717, 1.165) is 19.5 Å². The van der Waals surface area contributed by atoms with E-state index >= 15 is 0 Å². The maximum absolute atomic E-state index is 10.7. The highest BCUT2D eigenvalue weighted by Gasteiger charge is 1.94. The van der Waals surface area contributed by atoms with Crippen molar-refractivity contribution in [3.63, 3.8) is 0 Å². The van der Waals surface area contributed by atoms with E-state index in [1.54, 1.807) is 0 Å². The van der Waals surface area contributed by atoms with Crippen molar-refractivity contribution < 1.29 is 4.79 Å². The average molecular weight is 203 g/mol. The quantitative estimate of drug-likeness (QED) is 0.632. The van der Waals surface area contributed by atoms with Gasteiger partial charge in [-0.15, -0.1) is 0 Å². The van der Waals surface area contributed by atoms with Crippen molar-refractivity contribution in [2.24, 2.45) is 0 Å². The minimum Gasteiger partial charge on any atom is -0.356 e. The third-order valence-corrected chi connectivity index (χ3v) is 1.43. The molecule has 0 rings (SSSR count). The molecule has 2 N–H and O–H groups in total. The van der Waals surface area contributed by atoms with Gasteiger partial charge in [-0.05, 0) is 41.2 Å². The molecule has 0 aromatic carbocycles. The zero-order chi connectivity index (χ0) is 11.4. The van der Waals surface area contributed by atoms with E-state index in [2.05, 4.69) is 15.5 Å². The molecule has 14 heavy (non-hydrogen) atoms. The lowest BCUT2D eigenvalue weighted by Gasteiger charge is -2.08. The number of hydrogen-bond donors (Lipinski definition) is 2. The monoisotopic (exact) mass is 203 g/mol. The van der Waals surface area contributed by atoms with Crippen LogP contribution in [-0.4, -0.2) is 52.1 Å². The molecule has 0 atom stereocenters. The highest BCUT2D eigenvalue weighted by atomic mass is 16.1. The molecule has 0 aromatic heterocycles. The van der Waals surface area contributed by atoms with Crippen LogP contribution in [0.3, 0.4) is 0 Å². The fourth-order valence-electron chi connectivity index (χ4n) is 0.748. The Bertz CT molecular complexity index is 127.